The summed E-state index contributed by atoms with van der Waals surface area (Å²) in [6.07, 6.45) is 6.06. The molecule has 4 nitrogen and oxygen atoms in total. The van der Waals surface area contributed by atoms with E-state index in [1.807, 2.05) is 0 Å². The van der Waals surface area contributed by atoms with Crippen LogP contribution in [-0.4, -0.2) is 55.6 Å². The van der Waals surface area contributed by atoms with E-state index in [1.54, 1.807) is 18.2 Å². The number of nitrogens with zero attached hydrogens (tertiary/aromatic N) is 2. The maximum absolute atomic E-state index is 12.2. The zero-order chi connectivity index (χ0) is 15.5. The Morgan fingerprint density at radius 2 is 1.48 bits per heavy atom. The van der Waals surface area contributed by atoms with Crippen LogP contribution in [0.2, 0.25) is 0 Å². The first-order valence-corrected chi connectivity index (χ1v) is 10.1. The number of piperidine rings is 2. The van der Waals surface area contributed by atoms with Crippen molar-refractivity contribution in [2.45, 2.75) is 58.1 Å². The molecule has 0 bridgehead atoms. The second-order valence-corrected chi connectivity index (χ2v) is 9.58. The molecule has 0 N–H and O–H groups in total. The van der Waals surface area contributed by atoms with Gasteiger partial charge < -0.3 is 4.90 Å². The van der Waals surface area contributed by atoms with Crippen LogP contribution in [-0.2, 0) is 10.0 Å². The van der Waals surface area contributed by atoms with Crippen LogP contribution in [0.4, 0.5) is 0 Å². The van der Waals surface area contributed by atoms with Gasteiger partial charge in [0.15, 0.2) is 0 Å². The summed E-state index contributed by atoms with van der Waals surface area (Å²) >= 11 is 0. The predicted molar refractivity (Wildman–Crippen MR) is 87.8 cm³/mol. The van der Waals surface area contributed by atoms with Crippen molar-refractivity contribution in [2.24, 2.45) is 11.8 Å². The van der Waals surface area contributed by atoms with Crippen molar-refractivity contribution in [3.8, 4) is 0 Å². The third-order valence-corrected chi connectivity index (χ3v) is 7.61. The van der Waals surface area contributed by atoms with E-state index in [2.05, 4.69) is 11.8 Å². The van der Waals surface area contributed by atoms with Gasteiger partial charge in [0, 0.05) is 19.6 Å². The normalized spacial score (nSPS) is 24.8. The van der Waals surface area contributed by atoms with Crippen LogP contribution >= 0.6 is 0 Å². The molecule has 5 heteroatoms. The quantitative estimate of drug-likeness (QED) is 0.782. The second kappa shape index (κ2) is 7.42. The van der Waals surface area contributed by atoms with Crippen LogP contribution in [0, 0.1) is 11.8 Å². The van der Waals surface area contributed by atoms with E-state index in [0.717, 1.165) is 31.8 Å². The van der Waals surface area contributed by atoms with Gasteiger partial charge in [-0.3, -0.25) is 0 Å². The Morgan fingerprint density at radius 3 is 1.95 bits per heavy atom. The van der Waals surface area contributed by atoms with Crippen LogP contribution in [0.3, 0.4) is 0 Å². The van der Waals surface area contributed by atoms with Crippen molar-refractivity contribution >= 4 is 10.0 Å². The first kappa shape index (κ1) is 17.2. The molecule has 2 fully saturated rings. The van der Waals surface area contributed by atoms with Crippen LogP contribution in [0.15, 0.2) is 0 Å². The molecule has 0 aromatic carbocycles. The number of sulfonamides is 1. The van der Waals surface area contributed by atoms with Gasteiger partial charge in [0.25, 0.3) is 0 Å². The van der Waals surface area contributed by atoms with Crippen molar-refractivity contribution in [1.82, 2.24) is 9.21 Å². The zero-order valence-corrected chi connectivity index (χ0v) is 14.7. The number of hydrogen-bond donors (Lipinski definition) is 0. The van der Waals surface area contributed by atoms with Crippen molar-refractivity contribution in [1.29, 1.82) is 0 Å². The first-order valence-electron chi connectivity index (χ1n) is 8.64. The SMILES string of the molecule is CCC1CCN(CC2CCN(S(=O)(=O)C(C)C)CC2)CC1. The lowest BCUT2D eigenvalue weighted by atomic mass is 9.92. The average Bonchev–Trinajstić information content (AvgIpc) is 2.48. The highest BCUT2D eigenvalue weighted by molar-refractivity contribution is 7.89. The lowest BCUT2D eigenvalue weighted by Crippen LogP contribution is -2.45. The Kier molecular flexibility index (Phi) is 6.09. The van der Waals surface area contributed by atoms with Crippen LogP contribution in [0.5, 0.6) is 0 Å². The molecule has 0 atom stereocenters. The molecule has 0 unspecified atom stereocenters. The summed E-state index contributed by atoms with van der Waals surface area (Å²) in [5, 5.41) is -0.290. The first-order chi connectivity index (χ1) is 9.93. The molecule has 0 radical (unpaired) electrons. The maximum atomic E-state index is 12.2. The van der Waals surface area contributed by atoms with E-state index >= 15 is 0 Å². The lowest BCUT2D eigenvalue weighted by Gasteiger charge is -2.37. The standard InChI is InChI=1S/C16H32N2O2S/c1-4-15-5-9-17(10-6-15)13-16-7-11-18(12-8-16)21(19,20)14(2)3/h14-16H,4-13H2,1-3H3. The van der Waals surface area contributed by atoms with Gasteiger partial charge in [0.2, 0.25) is 10.0 Å². The Labute approximate surface area is 130 Å². The fraction of sp³-hybridized carbons (Fsp3) is 1.00. The highest BCUT2D eigenvalue weighted by Crippen LogP contribution is 2.25. The minimum absolute atomic E-state index is 0.290. The fourth-order valence-electron chi connectivity index (χ4n) is 3.59. The van der Waals surface area contributed by atoms with E-state index in [4.69, 9.17) is 0 Å². The smallest absolute Gasteiger partial charge is 0.216 e. The topological polar surface area (TPSA) is 40.6 Å². The van der Waals surface area contributed by atoms with Gasteiger partial charge in [-0.25, -0.2) is 12.7 Å². The molecule has 21 heavy (non-hydrogen) atoms. The molecule has 2 saturated heterocycles. The number of rotatable bonds is 5. The van der Waals surface area contributed by atoms with Crippen LogP contribution < -0.4 is 0 Å². The summed E-state index contributed by atoms with van der Waals surface area (Å²) in [7, 11) is -3.05. The molecule has 0 saturated carbocycles. The number of likely N-dealkylation sites (tertiary alicyclic amines) is 1. The van der Waals surface area contributed by atoms with E-state index in [0.29, 0.717) is 5.92 Å². The van der Waals surface area contributed by atoms with Gasteiger partial charge in [-0.15, -0.1) is 0 Å². The van der Waals surface area contributed by atoms with E-state index in [-0.39, 0.29) is 5.25 Å². The minimum Gasteiger partial charge on any atom is -0.303 e. The van der Waals surface area contributed by atoms with Crippen LogP contribution in [0.25, 0.3) is 0 Å². The Morgan fingerprint density at radius 1 is 0.952 bits per heavy atom. The molecule has 2 heterocycles. The highest BCUT2D eigenvalue weighted by atomic mass is 32.2. The highest BCUT2D eigenvalue weighted by Gasteiger charge is 2.31. The van der Waals surface area contributed by atoms with Gasteiger partial charge in [0.05, 0.1) is 5.25 Å². The molecule has 0 amide bonds. The second-order valence-electron chi connectivity index (χ2n) is 7.09. The third-order valence-electron chi connectivity index (χ3n) is 5.33. The zero-order valence-electron chi connectivity index (χ0n) is 13.9. The average molecular weight is 317 g/mol. The number of hydrogen-bond acceptors (Lipinski definition) is 3. The summed E-state index contributed by atoms with van der Waals surface area (Å²) in [4.78, 5) is 2.60. The molecule has 2 aliphatic heterocycles. The van der Waals surface area contributed by atoms with Gasteiger partial charge >= 0.3 is 0 Å². The van der Waals surface area contributed by atoms with E-state index < -0.39 is 10.0 Å². The van der Waals surface area contributed by atoms with Gasteiger partial charge in [-0.2, -0.15) is 0 Å². The Hall–Kier alpha value is -0.130. The summed E-state index contributed by atoms with van der Waals surface area (Å²) in [5.74, 6) is 1.61. The van der Waals surface area contributed by atoms with Gasteiger partial charge in [0.1, 0.15) is 0 Å². The van der Waals surface area contributed by atoms with Gasteiger partial charge in [-0.05, 0) is 64.5 Å². The summed E-state index contributed by atoms with van der Waals surface area (Å²) in [6.45, 7) is 10.9. The van der Waals surface area contributed by atoms with E-state index in [1.165, 1.54) is 38.9 Å². The van der Waals surface area contributed by atoms with Crippen molar-refractivity contribution in [3.63, 3.8) is 0 Å². The molecule has 124 valence electrons. The fourth-order valence-corrected chi connectivity index (χ4v) is 4.90. The molecule has 0 aromatic rings. The minimum atomic E-state index is -3.05. The monoisotopic (exact) mass is 316 g/mol. The molecule has 0 spiro atoms. The van der Waals surface area contributed by atoms with Crippen molar-refractivity contribution in [3.05, 3.63) is 0 Å². The summed E-state index contributed by atoms with van der Waals surface area (Å²) in [5.41, 5.74) is 0. The molecule has 0 aromatic heterocycles. The predicted octanol–water partition coefficient (Wildman–Crippen LogP) is 2.56. The molecular weight excluding hydrogens is 284 g/mol. The molecule has 2 aliphatic rings. The molecule has 2 rings (SSSR count). The maximum Gasteiger partial charge on any atom is 0.216 e. The lowest BCUT2D eigenvalue weighted by molar-refractivity contribution is 0.136. The Balaban J connectivity index is 1.75. The largest absolute Gasteiger partial charge is 0.303 e. The summed E-state index contributed by atoms with van der Waals surface area (Å²) in [6, 6.07) is 0. The van der Waals surface area contributed by atoms with E-state index in [9.17, 15) is 8.42 Å². The van der Waals surface area contributed by atoms with Crippen LogP contribution in [0.1, 0.15) is 52.9 Å². The Bertz CT molecular complexity index is 406. The van der Waals surface area contributed by atoms with Crippen molar-refractivity contribution in [2.75, 3.05) is 32.7 Å². The van der Waals surface area contributed by atoms with Crippen molar-refractivity contribution < 1.29 is 8.42 Å². The summed E-state index contributed by atoms with van der Waals surface area (Å²) < 4.78 is 26.0. The molecular formula is C16H32N2O2S. The third kappa shape index (κ3) is 4.42. The molecule has 0 aliphatic carbocycles. The van der Waals surface area contributed by atoms with Gasteiger partial charge in [-0.1, -0.05) is 13.3 Å².